The average molecular weight is 363 g/mol. The van der Waals surface area contributed by atoms with Crippen molar-refractivity contribution in [1.82, 2.24) is 4.31 Å². The highest BCUT2D eigenvalue weighted by Crippen LogP contribution is 2.28. The zero-order valence-electron chi connectivity index (χ0n) is 15.3. The molecule has 0 saturated carbocycles. The smallest absolute Gasteiger partial charge is 0.243 e. The van der Waals surface area contributed by atoms with Crippen LogP contribution in [0.2, 0.25) is 0 Å². The minimum Gasteiger partial charge on any atom is -0.493 e. The second-order valence-corrected chi connectivity index (χ2v) is 8.22. The molecule has 0 aliphatic rings. The van der Waals surface area contributed by atoms with Crippen LogP contribution in [0.5, 0.6) is 11.5 Å². The van der Waals surface area contributed by atoms with Crippen molar-refractivity contribution in [3.63, 3.8) is 0 Å². The van der Waals surface area contributed by atoms with Gasteiger partial charge in [-0.25, -0.2) is 8.42 Å². The molecule has 0 heterocycles. The van der Waals surface area contributed by atoms with Crippen molar-refractivity contribution in [2.45, 2.75) is 31.2 Å². The highest BCUT2D eigenvalue weighted by Gasteiger charge is 2.21. The van der Waals surface area contributed by atoms with Gasteiger partial charge in [-0.3, -0.25) is 0 Å². The highest BCUT2D eigenvalue weighted by atomic mass is 32.2. The van der Waals surface area contributed by atoms with E-state index in [1.165, 1.54) is 4.31 Å². The van der Waals surface area contributed by atoms with Gasteiger partial charge in [0, 0.05) is 13.6 Å². The lowest BCUT2D eigenvalue weighted by Crippen LogP contribution is -2.26. The van der Waals surface area contributed by atoms with E-state index in [0.29, 0.717) is 22.3 Å². The molecule has 2 aromatic carbocycles. The number of sulfonamides is 1. The number of hydrogen-bond acceptors (Lipinski definition) is 4. The lowest BCUT2D eigenvalue weighted by Gasteiger charge is -2.18. The maximum atomic E-state index is 12.8. The van der Waals surface area contributed by atoms with Crippen LogP contribution in [0.15, 0.2) is 47.4 Å². The van der Waals surface area contributed by atoms with Crippen molar-refractivity contribution in [2.75, 3.05) is 21.3 Å². The summed E-state index contributed by atoms with van der Waals surface area (Å²) in [5, 5.41) is 0. The minimum atomic E-state index is -3.55. The first-order valence-corrected chi connectivity index (χ1v) is 9.50. The molecule has 0 radical (unpaired) electrons. The predicted octanol–water partition coefficient (Wildman–Crippen LogP) is 3.65. The molecule has 0 aliphatic carbocycles. The Balaban J connectivity index is 2.22. The van der Waals surface area contributed by atoms with E-state index in [1.54, 1.807) is 45.5 Å². The summed E-state index contributed by atoms with van der Waals surface area (Å²) in [4.78, 5) is 0.292. The van der Waals surface area contributed by atoms with Gasteiger partial charge in [-0.2, -0.15) is 4.31 Å². The molecule has 0 saturated heterocycles. The maximum absolute atomic E-state index is 12.8. The van der Waals surface area contributed by atoms with E-state index in [-0.39, 0.29) is 6.54 Å². The molecule has 0 bridgehead atoms. The normalized spacial score (nSPS) is 11.8. The summed E-state index contributed by atoms with van der Waals surface area (Å²) < 4.78 is 37.3. The fourth-order valence-electron chi connectivity index (χ4n) is 2.53. The van der Waals surface area contributed by atoms with E-state index >= 15 is 0 Å². The molecule has 136 valence electrons. The molecule has 0 atom stereocenters. The summed E-state index contributed by atoms with van der Waals surface area (Å²) in [6.07, 6.45) is 0. The highest BCUT2D eigenvalue weighted by molar-refractivity contribution is 7.89. The molecule has 0 aromatic heterocycles. The van der Waals surface area contributed by atoms with Gasteiger partial charge in [0.1, 0.15) is 0 Å². The molecular weight excluding hydrogens is 338 g/mol. The molecule has 25 heavy (non-hydrogen) atoms. The molecular formula is C19H25NO4S. The summed E-state index contributed by atoms with van der Waals surface area (Å²) >= 11 is 0. The van der Waals surface area contributed by atoms with Crippen LogP contribution >= 0.6 is 0 Å². The number of nitrogens with zero attached hydrogens (tertiary/aromatic N) is 1. The Bertz CT molecular complexity index is 814. The Morgan fingerprint density at radius 1 is 0.960 bits per heavy atom. The Morgan fingerprint density at radius 2 is 1.56 bits per heavy atom. The predicted molar refractivity (Wildman–Crippen MR) is 98.7 cm³/mol. The first kappa shape index (κ1) is 19.3. The Labute approximate surface area is 150 Å². The van der Waals surface area contributed by atoms with Crippen molar-refractivity contribution in [3.05, 3.63) is 53.6 Å². The minimum absolute atomic E-state index is 0.245. The van der Waals surface area contributed by atoms with Crippen LogP contribution in [0.4, 0.5) is 0 Å². The van der Waals surface area contributed by atoms with E-state index in [9.17, 15) is 8.42 Å². The van der Waals surface area contributed by atoms with Gasteiger partial charge in [0.05, 0.1) is 19.1 Å². The molecule has 0 amide bonds. The van der Waals surface area contributed by atoms with Crippen molar-refractivity contribution in [2.24, 2.45) is 0 Å². The number of rotatable bonds is 7. The van der Waals surface area contributed by atoms with Crippen LogP contribution in [-0.4, -0.2) is 34.0 Å². The third kappa shape index (κ3) is 4.32. The zero-order valence-corrected chi connectivity index (χ0v) is 16.1. The van der Waals surface area contributed by atoms with Crippen LogP contribution in [0.25, 0.3) is 0 Å². The third-order valence-corrected chi connectivity index (χ3v) is 5.93. The summed E-state index contributed by atoms with van der Waals surface area (Å²) in [5.74, 6) is 1.55. The molecule has 0 aliphatic heterocycles. The largest absolute Gasteiger partial charge is 0.493 e. The molecule has 0 spiro atoms. The standard InChI is InChI=1S/C19H25NO4S/c1-14(2)16-7-9-17(10-8-16)25(21,22)20(3)13-15-6-11-18(23-4)19(12-15)24-5/h6-12,14H,13H2,1-5H3. The third-order valence-electron chi connectivity index (χ3n) is 4.11. The van der Waals surface area contributed by atoms with Crippen LogP contribution in [0.1, 0.15) is 30.9 Å². The average Bonchev–Trinajstić information content (AvgIpc) is 2.61. The Morgan fingerprint density at radius 3 is 2.08 bits per heavy atom. The first-order valence-electron chi connectivity index (χ1n) is 8.06. The van der Waals surface area contributed by atoms with E-state index < -0.39 is 10.0 Å². The lowest BCUT2D eigenvalue weighted by molar-refractivity contribution is 0.354. The monoisotopic (exact) mass is 363 g/mol. The number of hydrogen-bond donors (Lipinski definition) is 0. The topological polar surface area (TPSA) is 55.8 Å². The van der Waals surface area contributed by atoms with Crippen molar-refractivity contribution >= 4 is 10.0 Å². The van der Waals surface area contributed by atoms with E-state index in [1.807, 2.05) is 18.2 Å². The van der Waals surface area contributed by atoms with Gasteiger partial charge in [0.2, 0.25) is 10.0 Å². The van der Waals surface area contributed by atoms with Crippen molar-refractivity contribution in [1.29, 1.82) is 0 Å². The zero-order chi connectivity index (χ0) is 18.6. The summed E-state index contributed by atoms with van der Waals surface area (Å²) in [6, 6.07) is 12.4. The van der Waals surface area contributed by atoms with Gasteiger partial charge in [-0.15, -0.1) is 0 Å². The molecule has 2 aromatic rings. The van der Waals surface area contributed by atoms with E-state index in [2.05, 4.69) is 13.8 Å². The number of methoxy groups -OCH3 is 2. The van der Waals surface area contributed by atoms with Gasteiger partial charge < -0.3 is 9.47 Å². The number of ether oxygens (including phenoxy) is 2. The molecule has 0 N–H and O–H groups in total. The van der Waals surface area contributed by atoms with Gasteiger partial charge in [-0.1, -0.05) is 32.0 Å². The fraction of sp³-hybridized carbons (Fsp3) is 0.368. The summed E-state index contributed by atoms with van der Waals surface area (Å²) in [6.45, 7) is 4.40. The van der Waals surface area contributed by atoms with Crippen LogP contribution in [-0.2, 0) is 16.6 Å². The SMILES string of the molecule is COc1ccc(CN(C)S(=O)(=O)c2ccc(C(C)C)cc2)cc1OC. The van der Waals surface area contributed by atoms with Crippen molar-refractivity contribution in [3.8, 4) is 11.5 Å². The molecule has 0 unspecified atom stereocenters. The molecule has 5 nitrogen and oxygen atoms in total. The van der Waals surface area contributed by atoms with Crippen LogP contribution in [0.3, 0.4) is 0 Å². The maximum Gasteiger partial charge on any atom is 0.243 e. The molecule has 2 rings (SSSR count). The van der Waals surface area contributed by atoms with Gasteiger partial charge >= 0.3 is 0 Å². The van der Waals surface area contributed by atoms with Crippen LogP contribution < -0.4 is 9.47 Å². The summed E-state index contributed by atoms with van der Waals surface area (Å²) in [7, 11) is 1.14. The second-order valence-electron chi connectivity index (χ2n) is 6.17. The first-order chi connectivity index (χ1) is 11.8. The fourth-order valence-corrected chi connectivity index (χ4v) is 3.68. The lowest BCUT2D eigenvalue weighted by atomic mass is 10.0. The van der Waals surface area contributed by atoms with E-state index in [4.69, 9.17) is 9.47 Å². The van der Waals surface area contributed by atoms with Gasteiger partial charge in [0.15, 0.2) is 11.5 Å². The van der Waals surface area contributed by atoms with E-state index in [0.717, 1.165) is 11.1 Å². The Kier molecular flexibility index (Phi) is 6.08. The number of benzene rings is 2. The summed E-state index contributed by atoms with van der Waals surface area (Å²) in [5.41, 5.74) is 1.93. The molecule has 6 heteroatoms. The second kappa shape index (κ2) is 7.89. The van der Waals surface area contributed by atoms with Gasteiger partial charge in [0.25, 0.3) is 0 Å². The quantitative estimate of drug-likeness (QED) is 0.753. The Hall–Kier alpha value is -2.05. The van der Waals surface area contributed by atoms with Gasteiger partial charge in [-0.05, 0) is 41.3 Å². The van der Waals surface area contributed by atoms with Crippen molar-refractivity contribution < 1.29 is 17.9 Å². The van der Waals surface area contributed by atoms with Crippen LogP contribution in [0, 0.1) is 0 Å². The molecule has 0 fully saturated rings.